The van der Waals surface area contributed by atoms with Gasteiger partial charge in [-0.05, 0) is 19.9 Å². The zero-order valence-corrected chi connectivity index (χ0v) is 12.6. The smallest absolute Gasteiger partial charge is 0.167 e. The molecule has 0 fully saturated rings. The van der Waals surface area contributed by atoms with Crippen molar-refractivity contribution in [3.63, 3.8) is 0 Å². The lowest BCUT2D eigenvalue weighted by Gasteiger charge is -2.15. The van der Waals surface area contributed by atoms with Crippen molar-refractivity contribution >= 4 is 11.4 Å². The predicted molar refractivity (Wildman–Crippen MR) is 82.0 cm³/mol. The molecule has 0 unspecified atom stereocenters. The number of ether oxygens (including phenoxy) is 1. The van der Waals surface area contributed by atoms with E-state index in [4.69, 9.17) is 10.5 Å². The monoisotopic (exact) mass is 292 g/mol. The molecule has 0 atom stereocenters. The summed E-state index contributed by atoms with van der Waals surface area (Å²) in [6.45, 7) is 4.38. The van der Waals surface area contributed by atoms with Crippen molar-refractivity contribution in [1.29, 1.82) is 0 Å². The summed E-state index contributed by atoms with van der Waals surface area (Å²) >= 11 is 0. The van der Waals surface area contributed by atoms with E-state index < -0.39 is 5.82 Å². The molecule has 0 bridgehead atoms. The first kappa shape index (κ1) is 15.2. The van der Waals surface area contributed by atoms with Crippen LogP contribution in [0, 0.1) is 5.82 Å². The minimum absolute atomic E-state index is 0.0922. The number of nitrogens with zero attached hydrogens (tertiary/aromatic N) is 2. The average molecular weight is 292 g/mol. The van der Waals surface area contributed by atoms with E-state index in [1.807, 2.05) is 31.6 Å². The van der Waals surface area contributed by atoms with Crippen molar-refractivity contribution in [2.45, 2.75) is 26.4 Å². The highest BCUT2D eigenvalue weighted by Gasteiger charge is 2.10. The highest BCUT2D eigenvalue weighted by Crippen LogP contribution is 2.28. The Balaban J connectivity index is 2.03. The summed E-state index contributed by atoms with van der Waals surface area (Å²) < 4.78 is 21.0. The van der Waals surface area contributed by atoms with E-state index in [9.17, 15) is 4.39 Å². The van der Waals surface area contributed by atoms with Gasteiger partial charge in [0.1, 0.15) is 0 Å². The van der Waals surface area contributed by atoms with Crippen LogP contribution in [0.25, 0.3) is 0 Å². The van der Waals surface area contributed by atoms with Crippen LogP contribution in [0.1, 0.15) is 19.5 Å². The highest BCUT2D eigenvalue weighted by atomic mass is 19.1. The third-order valence-electron chi connectivity index (χ3n) is 3.09. The van der Waals surface area contributed by atoms with Gasteiger partial charge in [-0.15, -0.1) is 0 Å². The zero-order valence-electron chi connectivity index (χ0n) is 12.6. The molecular weight excluding hydrogens is 271 g/mol. The van der Waals surface area contributed by atoms with E-state index >= 15 is 0 Å². The lowest BCUT2D eigenvalue weighted by Crippen LogP contribution is -2.11. The number of rotatable bonds is 6. The molecule has 0 saturated heterocycles. The van der Waals surface area contributed by atoms with Crippen LogP contribution in [-0.2, 0) is 13.5 Å². The summed E-state index contributed by atoms with van der Waals surface area (Å²) in [5.41, 5.74) is 7.99. The Bertz CT molecular complexity index is 610. The van der Waals surface area contributed by atoms with Crippen LogP contribution in [0.4, 0.5) is 15.8 Å². The number of nitrogen functional groups attached to an aromatic ring is 1. The predicted octanol–water partition coefficient (Wildman–Crippen LogP) is 2.58. The molecule has 2 aromatic rings. The number of aromatic nitrogens is 2. The van der Waals surface area contributed by atoms with Crippen LogP contribution in [0.3, 0.4) is 0 Å². The number of anilines is 2. The lowest BCUT2D eigenvalue weighted by molar-refractivity contribution is 0.231. The fourth-order valence-corrected chi connectivity index (χ4v) is 2.04. The van der Waals surface area contributed by atoms with E-state index in [2.05, 4.69) is 10.4 Å². The molecule has 0 spiro atoms. The van der Waals surface area contributed by atoms with E-state index in [1.165, 1.54) is 6.07 Å². The molecule has 0 aliphatic rings. The van der Waals surface area contributed by atoms with Crippen molar-refractivity contribution in [2.75, 3.05) is 17.6 Å². The Hall–Kier alpha value is -2.24. The first-order valence-corrected chi connectivity index (χ1v) is 6.94. The minimum atomic E-state index is -0.446. The Morgan fingerprint density at radius 2 is 2.19 bits per heavy atom. The van der Waals surface area contributed by atoms with Crippen molar-refractivity contribution < 1.29 is 9.13 Å². The molecule has 0 aliphatic carbocycles. The largest absolute Gasteiger partial charge is 0.488 e. The van der Waals surface area contributed by atoms with E-state index in [1.54, 1.807) is 12.3 Å². The SMILES string of the molecule is CC(C)Oc1cc(NCCc2ccnn2C)c(N)cc1F. The Morgan fingerprint density at radius 3 is 2.81 bits per heavy atom. The molecule has 5 nitrogen and oxygen atoms in total. The van der Waals surface area contributed by atoms with Gasteiger partial charge in [-0.25, -0.2) is 4.39 Å². The molecule has 114 valence electrons. The number of nitrogens with one attached hydrogen (secondary N) is 1. The number of nitrogens with two attached hydrogens (primary N) is 1. The van der Waals surface area contributed by atoms with Crippen molar-refractivity contribution in [2.24, 2.45) is 7.05 Å². The van der Waals surface area contributed by atoms with Gasteiger partial charge in [0.05, 0.1) is 17.5 Å². The maximum atomic E-state index is 13.7. The molecule has 2 rings (SSSR count). The van der Waals surface area contributed by atoms with Crippen LogP contribution < -0.4 is 15.8 Å². The number of halogens is 1. The summed E-state index contributed by atoms with van der Waals surface area (Å²) in [6.07, 6.45) is 2.47. The summed E-state index contributed by atoms with van der Waals surface area (Å²) in [6, 6.07) is 4.85. The molecule has 0 radical (unpaired) electrons. The van der Waals surface area contributed by atoms with Crippen molar-refractivity contribution in [1.82, 2.24) is 9.78 Å². The second kappa shape index (κ2) is 6.47. The minimum Gasteiger partial charge on any atom is -0.488 e. The number of hydrogen-bond acceptors (Lipinski definition) is 4. The quantitative estimate of drug-likeness (QED) is 0.803. The second-order valence-corrected chi connectivity index (χ2v) is 5.16. The Labute approximate surface area is 123 Å². The van der Waals surface area contributed by atoms with E-state index in [-0.39, 0.29) is 11.9 Å². The molecule has 6 heteroatoms. The summed E-state index contributed by atoms with van der Waals surface area (Å²) in [5.74, 6) is -0.236. The zero-order chi connectivity index (χ0) is 15.4. The van der Waals surface area contributed by atoms with Crippen LogP contribution in [0.2, 0.25) is 0 Å². The summed E-state index contributed by atoms with van der Waals surface area (Å²) in [5, 5.41) is 7.32. The number of aryl methyl sites for hydroxylation is 1. The molecule has 3 N–H and O–H groups in total. The normalized spacial score (nSPS) is 10.9. The summed E-state index contributed by atoms with van der Waals surface area (Å²) in [7, 11) is 1.90. The van der Waals surface area contributed by atoms with Gasteiger partial charge in [-0.2, -0.15) is 5.10 Å². The third kappa shape index (κ3) is 3.87. The van der Waals surface area contributed by atoms with Gasteiger partial charge in [0, 0.05) is 44.0 Å². The van der Waals surface area contributed by atoms with Gasteiger partial charge >= 0.3 is 0 Å². The standard InChI is InChI=1S/C15H21FN4O/c1-10(2)21-15-9-14(13(17)8-12(15)16)18-6-4-11-5-7-19-20(11)3/h5,7-10,18H,4,6,17H2,1-3H3. The fraction of sp³-hybridized carbons (Fsp3) is 0.400. The maximum absolute atomic E-state index is 13.7. The molecule has 0 saturated carbocycles. The first-order chi connectivity index (χ1) is 9.97. The third-order valence-corrected chi connectivity index (χ3v) is 3.09. The van der Waals surface area contributed by atoms with Crippen LogP contribution in [-0.4, -0.2) is 22.4 Å². The number of benzene rings is 1. The molecule has 21 heavy (non-hydrogen) atoms. The van der Waals surface area contributed by atoms with Gasteiger partial charge in [-0.1, -0.05) is 0 Å². The number of hydrogen-bond donors (Lipinski definition) is 2. The molecule has 1 aromatic heterocycles. The average Bonchev–Trinajstić information content (AvgIpc) is 2.80. The van der Waals surface area contributed by atoms with Crippen LogP contribution in [0.5, 0.6) is 5.75 Å². The van der Waals surface area contributed by atoms with Gasteiger partial charge in [-0.3, -0.25) is 4.68 Å². The highest BCUT2D eigenvalue weighted by molar-refractivity contribution is 5.68. The van der Waals surface area contributed by atoms with Gasteiger partial charge in [0.25, 0.3) is 0 Å². The van der Waals surface area contributed by atoms with Crippen LogP contribution in [0.15, 0.2) is 24.4 Å². The van der Waals surface area contributed by atoms with E-state index in [0.717, 1.165) is 12.1 Å². The Morgan fingerprint density at radius 1 is 1.43 bits per heavy atom. The molecular formula is C15H21FN4O. The van der Waals surface area contributed by atoms with Crippen molar-refractivity contribution in [3.8, 4) is 5.75 Å². The fourth-order valence-electron chi connectivity index (χ4n) is 2.04. The molecule has 0 amide bonds. The second-order valence-electron chi connectivity index (χ2n) is 5.16. The maximum Gasteiger partial charge on any atom is 0.167 e. The van der Waals surface area contributed by atoms with E-state index in [0.29, 0.717) is 17.9 Å². The first-order valence-electron chi connectivity index (χ1n) is 6.94. The van der Waals surface area contributed by atoms with Gasteiger partial charge in [0.2, 0.25) is 0 Å². The molecule has 0 aliphatic heterocycles. The van der Waals surface area contributed by atoms with Gasteiger partial charge < -0.3 is 15.8 Å². The summed E-state index contributed by atoms with van der Waals surface area (Å²) in [4.78, 5) is 0. The molecule has 1 heterocycles. The Kier molecular flexibility index (Phi) is 4.67. The molecule has 1 aromatic carbocycles. The lowest BCUT2D eigenvalue weighted by atomic mass is 10.2. The van der Waals surface area contributed by atoms with Crippen LogP contribution >= 0.6 is 0 Å². The topological polar surface area (TPSA) is 65.1 Å². The van der Waals surface area contributed by atoms with Crippen molar-refractivity contribution in [3.05, 3.63) is 35.9 Å². The van der Waals surface area contributed by atoms with Gasteiger partial charge in [0.15, 0.2) is 11.6 Å².